The van der Waals surface area contributed by atoms with E-state index in [9.17, 15) is 5.11 Å². The lowest BCUT2D eigenvalue weighted by Crippen LogP contribution is -2.01. The average Bonchev–Trinajstić information content (AvgIpc) is 3.22. The second-order valence-corrected chi connectivity index (χ2v) is 7.21. The Kier molecular flexibility index (Phi) is 4.78. The molecule has 5 aromatic rings. The van der Waals surface area contributed by atoms with Crippen LogP contribution in [0.3, 0.4) is 0 Å². The number of aromatic nitrogens is 3. The second kappa shape index (κ2) is 7.77. The van der Waals surface area contributed by atoms with E-state index in [-0.39, 0.29) is 5.75 Å². The minimum Gasteiger partial charge on any atom is -0.507 e. The number of phenolic OH excluding ortho intramolecular Hbond substituents is 1. The molecule has 7 heteroatoms. The first kappa shape index (κ1) is 19.7. The molecule has 0 unspecified atom stereocenters. The van der Waals surface area contributed by atoms with Crippen molar-refractivity contribution < 1.29 is 19.3 Å². The van der Waals surface area contributed by atoms with Gasteiger partial charge in [-0.25, -0.2) is 9.97 Å². The fourth-order valence-electron chi connectivity index (χ4n) is 3.95. The lowest BCUT2D eigenvalue weighted by Gasteiger charge is -2.18. The van der Waals surface area contributed by atoms with Crippen molar-refractivity contribution in [1.29, 1.82) is 0 Å². The first-order valence-electron chi connectivity index (χ1n) is 10.0. The molecule has 0 radical (unpaired) electrons. The van der Waals surface area contributed by atoms with Crippen LogP contribution in [0.15, 0.2) is 66.9 Å². The first-order valence-corrected chi connectivity index (χ1v) is 10.0. The van der Waals surface area contributed by atoms with E-state index < -0.39 is 0 Å². The van der Waals surface area contributed by atoms with Crippen LogP contribution in [0.25, 0.3) is 39.2 Å². The summed E-state index contributed by atoms with van der Waals surface area (Å²) < 4.78 is 18.3. The Bertz CT molecular complexity index is 1440. The van der Waals surface area contributed by atoms with Crippen LogP contribution in [0.2, 0.25) is 0 Å². The van der Waals surface area contributed by atoms with Gasteiger partial charge in [0, 0.05) is 23.9 Å². The van der Waals surface area contributed by atoms with E-state index in [4.69, 9.17) is 14.2 Å². The van der Waals surface area contributed by atoms with Crippen LogP contribution >= 0.6 is 0 Å². The number of rotatable bonds is 5. The van der Waals surface area contributed by atoms with Crippen LogP contribution in [0.4, 0.5) is 0 Å². The number of hydrogen-bond donors (Lipinski definition) is 1. The Morgan fingerprint density at radius 2 is 1.59 bits per heavy atom. The van der Waals surface area contributed by atoms with Crippen LogP contribution in [0.1, 0.15) is 0 Å². The van der Waals surface area contributed by atoms with E-state index in [0.29, 0.717) is 28.5 Å². The molecule has 7 nitrogen and oxygen atoms in total. The highest BCUT2D eigenvalue weighted by Crippen LogP contribution is 2.45. The van der Waals surface area contributed by atoms with Crippen LogP contribution in [-0.4, -0.2) is 40.8 Å². The van der Waals surface area contributed by atoms with Crippen LogP contribution in [-0.2, 0) is 0 Å². The molecule has 160 valence electrons. The van der Waals surface area contributed by atoms with E-state index in [1.807, 2.05) is 52.9 Å². The number of aromatic hydroxyl groups is 1. The molecule has 32 heavy (non-hydrogen) atoms. The minimum absolute atomic E-state index is 0.0289. The smallest absolute Gasteiger partial charge is 0.235 e. The minimum atomic E-state index is 0.0289. The Morgan fingerprint density at radius 1 is 0.844 bits per heavy atom. The molecule has 3 aromatic carbocycles. The second-order valence-electron chi connectivity index (χ2n) is 7.21. The Morgan fingerprint density at radius 3 is 2.31 bits per heavy atom. The third-order valence-corrected chi connectivity index (χ3v) is 5.48. The van der Waals surface area contributed by atoms with Gasteiger partial charge in [-0.05, 0) is 29.8 Å². The number of phenols is 1. The van der Waals surface area contributed by atoms with Crippen molar-refractivity contribution in [3.8, 4) is 45.4 Å². The third-order valence-electron chi connectivity index (χ3n) is 5.48. The van der Waals surface area contributed by atoms with Gasteiger partial charge in [-0.1, -0.05) is 24.3 Å². The number of imidazole rings is 1. The molecule has 2 aromatic heterocycles. The summed E-state index contributed by atoms with van der Waals surface area (Å²) >= 11 is 0. The molecule has 0 atom stereocenters. The lowest BCUT2D eigenvalue weighted by atomic mass is 9.98. The Balaban J connectivity index is 1.93. The van der Waals surface area contributed by atoms with E-state index in [0.717, 1.165) is 27.9 Å². The van der Waals surface area contributed by atoms with E-state index in [1.165, 1.54) is 0 Å². The highest BCUT2D eigenvalue weighted by molar-refractivity contribution is 5.92. The molecule has 0 spiro atoms. The Labute approximate surface area is 184 Å². The van der Waals surface area contributed by atoms with Gasteiger partial charge in [0.05, 0.1) is 43.6 Å². The molecule has 0 bridgehead atoms. The summed E-state index contributed by atoms with van der Waals surface area (Å²) in [5, 5.41) is 11.1. The average molecular weight is 427 g/mol. The molecular formula is C25H21N3O4. The maximum atomic E-state index is 11.1. The molecule has 5 rings (SSSR count). The van der Waals surface area contributed by atoms with Gasteiger partial charge in [-0.15, -0.1) is 0 Å². The summed E-state index contributed by atoms with van der Waals surface area (Å²) in [5.74, 6) is 2.27. The number of para-hydroxylation sites is 2. The standard InChI is InChI=1S/C25H21N3O4/c1-30-16-10-8-15(9-11-16)18-14-26-25-27-19-6-4-5-7-20(19)28(25)24(18)23-21(29)12-17(31-2)13-22(23)32-3/h4-14,29H,1-3H3. The molecule has 0 aliphatic heterocycles. The van der Waals surface area contributed by atoms with Crippen molar-refractivity contribution in [2.75, 3.05) is 21.3 Å². The van der Waals surface area contributed by atoms with Crippen LogP contribution < -0.4 is 14.2 Å². The largest absolute Gasteiger partial charge is 0.507 e. The van der Waals surface area contributed by atoms with Gasteiger partial charge in [-0.3, -0.25) is 4.40 Å². The first-order chi connectivity index (χ1) is 15.6. The highest BCUT2D eigenvalue weighted by Gasteiger charge is 2.23. The summed E-state index contributed by atoms with van der Waals surface area (Å²) in [6, 6.07) is 18.8. The van der Waals surface area contributed by atoms with Gasteiger partial charge in [-0.2, -0.15) is 0 Å². The number of hydrogen-bond acceptors (Lipinski definition) is 6. The number of fused-ring (bicyclic) bond motifs is 3. The quantitative estimate of drug-likeness (QED) is 0.428. The fourth-order valence-corrected chi connectivity index (χ4v) is 3.95. The van der Waals surface area contributed by atoms with E-state index in [2.05, 4.69) is 9.97 Å². The van der Waals surface area contributed by atoms with Crippen LogP contribution in [0, 0.1) is 0 Å². The number of benzene rings is 3. The number of nitrogens with zero attached hydrogens (tertiary/aromatic N) is 3. The van der Waals surface area contributed by atoms with Gasteiger partial charge < -0.3 is 19.3 Å². The molecule has 0 fully saturated rings. The van der Waals surface area contributed by atoms with Crippen molar-refractivity contribution in [1.82, 2.24) is 14.4 Å². The molecule has 2 heterocycles. The summed E-state index contributed by atoms with van der Waals surface area (Å²) in [4.78, 5) is 9.28. The Hall–Kier alpha value is -4.26. The summed E-state index contributed by atoms with van der Waals surface area (Å²) in [7, 11) is 4.74. The van der Waals surface area contributed by atoms with Gasteiger partial charge in [0.2, 0.25) is 5.78 Å². The number of ether oxygens (including phenoxy) is 3. The predicted molar refractivity (Wildman–Crippen MR) is 123 cm³/mol. The third kappa shape index (κ3) is 3.06. The summed E-state index contributed by atoms with van der Waals surface area (Å²) in [6.07, 6.45) is 1.77. The zero-order chi connectivity index (χ0) is 22.2. The lowest BCUT2D eigenvalue weighted by molar-refractivity contribution is 0.386. The molecule has 0 saturated carbocycles. The van der Waals surface area contributed by atoms with Crippen molar-refractivity contribution in [3.63, 3.8) is 0 Å². The monoisotopic (exact) mass is 427 g/mol. The fraction of sp³-hybridized carbons (Fsp3) is 0.120. The SMILES string of the molecule is COc1ccc(-c2cnc3nc4ccccc4n3c2-c2c(O)cc(OC)cc2OC)cc1. The molecule has 1 N–H and O–H groups in total. The zero-order valence-electron chi connectivity index (χ0n) is 17.9. The molecule has 0 saturated heterocycles. The van der Waals surface area contributed by atoms with Gasteiger partial charge in [0.1, 0.15) is 23.0 Å². The molecule has 0 aliphatic carbocycles. The predicted octanol–water partition coefficient (Wildman–Crippen LogP) is 4.95. The topological polar surface area (TPSA) is 78.1 Å². The van der Waals surface area contributed by atoms with Gasteiger partial charge >= 0.3 is 0 Å². The summed E-state index contributed by atoms with van der Waals surface area (Å²) in [5.41, 5.74) is 4.63. The van der Waals surface area contributed by atoms with E-state index >= 15 is 0 Å². The van der Waals surface area contributed by atoms with Crippen molar-refractivity contribution in [2.45, 2.75) is 0 Å². The molecule has 0 amide bonds. The van der Waals surface area contributed by atoms with E-state index in [1.54, 1.807) is 39.7 Å². The molecule has 0 aliphatic rings. The van der Waals surface area contributed by atoms with Crippen molar-refractivity contribution in [3.05, 3.63) is 66.9 Å². The maximum Gasteiger partial charge on any atom is 0.235 e. The van der Waals surface area contributed by atoms with Crippen LogP contribution in [0.5, 0.6) is 23.0 Å². The maximum absolute atomic E-state index is 11.1. The normalized spacial score (nSPS) is 11.1. The summed E-state index contributed by atoms with van der Waals surface area (Å²) in [6.45, 7) is 0. The van der Waals surface area contributed by atoms with Crippen molar-refractivity contribution in [2.24, 2.45) is 0 Å². The zero-order valence-corrected chi connectivity index (χ0v) is 17.9. The van der Waals surface area contributed by atoms with Crippen molar-refractivity contribution >= 4 is 16.8 Å². The highest BCUT2D eigenvalue weighted by atomic mass is 16.5. The van der Waals surface area contributed by atoms with Gasteiger partial charge in [0.15, 0.2) is 0 Å². The molecular weight excluding hydrogens is 406 g/mol. The number of methoxy groups -OCH3 is 3. The van der Waals surface area contributed by atoms with Gasteiger partial charge in [0.25, 0.3) is 0 Å².